The second-order valence-corrected chi connectivity index (χ2v) is 6.11. The van der Waals surface area contributed by atoms with Crippen LogP contribution in [-0.2, 0) is 11.8 Å². The van der Waals surface area contributed by atoms with Gasteiger partial charge in [0.2, 0.25) is 0 Å². The van der Waals surface area contributed by atoms with Crippen molar-refractivity contribution >= 4 is 11.8 Å². The number of benzene rings is 1. The lowest BCUT2D eigenvalue weighted by Gasteiger charge is -2.34. The summed E-state index contributed by atoms with van der Waals surface area (Å²) in [6.45, 7) is 1.85. The van der Waals surface area contributed by atoms with Crippen molar-refractivity contribution in [2.24, 2.45) is 7.05 Å². The Kier molecular flexibility index (Phi) is 5.23. The first-order valence-corrected chi connectivity index (χ1v) is 8.40. The third kappa shape index (κ3) is 3.86. The molecule has 0 aliphatic carbocycles. The van der Waals surface area contributed by atoms with Crippen LogP contribution in [0.3, 0.4) is 0 Å². The fraction of sp³-hybridized carbons (Fsp3) is 0.316. The number of nitriles is 1. The number of carbonyl (C=O) groups is 2. The van der Waals surface area contributed by atoms with Gasteiger partial charge in [0.25, 0.3) is 11.8 Å². The molecule has 0 unspecified atom stereocenters. The van der Waals surface area contributed by atoms with Gasteiger partial charge in [-0.1, -0.05) is 18.2 Å². The van der Waals surface area contributed by atoms with Gasteiger partial charge in [-0.3, -0.25) is 9.59 Å². The molecule has 0 saturated carbocycles. The van der Waals surface area contributed by atoms with Crippen LogP contribution in [0.15, 0.2) is 42.6 Å². The van der Waals surface area contributed by atoms with E-state index in [1.807, 2.05) is 24.3 Å². The largest absolute Gasteiger partial charge is 0.484 e. The number of carbonyl (C=O) groups excluding carboxylic acids is 2. The Bertz CT molecular complexity index is 830. The van der Waals surface area contributed by atoms with Gasteiger partial charge in [0.05, 0.1) is 5.56 Å². The molecule has 3 rings (SSSR count). The summed E-state index contributed by atoms with van der Waals surface area (Å²) in [6, 6.07) is 12.8. The zero-order valence-corrected chi connectivity index (χ0v) is 14.6. The summed E-state index contributed by atoms with van der Waals surface area (Å²) < 4.78 is 7.15. The molecule has 2 amide bonds. The topological polar surface area (TPSA) is 78.6 Å². The van der Waals surface area contributed by atoms with Crippen LogP contribution in [0.1, 0.15) is 16.1 Å². The molecule has 0 atom stereocenters. The highest BCUT2D eigenvalue weighted by Crippen LogP contribution is 2.13. The lowest BCUT2D eigenvalue weighted by Crippen LogP contribution is -2.51. The number of ether oxygens (including phenoxy) is 1. The standard InChI is InChI=1S/C19H20N4O3/c1-21-13-15(12-20)11-17(21)19(25)23-9-7-22(8-10-23)18(24)14-26-16-5-3-2-4-6-16/h2-6,11,13H,7-10,14H2,1H3. The molecule has 0 spiro atoms. The van der Waals surface area contributed by atoms with Gasteiger partial charge < -0.3 is 19.1 Å². The normalized spacial score (nSPS) is 14.0. The summed E-state index contributed by atoms with van der Waals surface area (Å²) in [5.41, 5.74) is 0.941. The third-order valence-electron chi connectivity index (χ3n) is 4.38. The summed E-state index contributed by atoms with van der Waals surface area (Å²) in [4.78, 5) is 28.3. The maximum absolute atomic E-state index is 12.6. The first kappa shape index (κ1) is 17.5. The number of aromatic nitrogens is 1. The van der Waals surface area contributed by atoms with Crippen LogP contribution in [0, 0.1) is 11.3 Å². The number of piperazine rings is 1. The predicted molar refractivity (Wildman–Crippen MR) is 94.5 cm³/mol. The summed E-state index contributed by atoms with van der Waals surface area (Å²) in [6.07, 6.45) is 1.63. The maximum atomic E-state index is 12.6. The summed E-state index contributed by atoms with van der Waals surface area (Å²) in [5.74, 6) is 0.444. The molecule has 7 heteroatoms. The number of hydrogen-bond acceptors (Lipinski definition) is 4. The number of nitrogens with zero attached hydrogens (tertiary/aromatic N) is 4. The van der Waals surface area contributed by atoms with Crippen LogP contribution in [0.2, 0.25) is 0 Å². The SMILES string of the molecule is Cn1cc(C#N)cc1C(=O)N1CCN(C(=O)COc2ccccc2)CC1. The summed E-state index contributed by atoms with van der Waals surface area (Å²) in [7, 11) is 1.74. The average Bonchev–Trinajstić information content (AvgIpc) is 3.07. The highest BCUT2D eigenvalue weighted by Gasteiger charge is 2.26. The monoisotopic (exact) mass is 352 g/mol. The Morgan fingerprint density at radius 3 is 2.38 bits per heavy atom. The minimum absolute atomic E-state index is 0.0126. The zero-order valence-electron chi connectivity index (χ0n) is 14.6. The van der Waals surface area contributed by atoms with Crippen molar-refractivity contribution in [2.45, 2.75) is 0 Å². The number of hydrogen-bond donors (Lipinski definition) is 0. The third-order valence-corrected chi connectivity index (χ3v) is 4.38. The van der Waals surface area contributed by atoms with E-state index in [0.29, 0.717) is 43.2 Å². The van der Waals surface area contributed by atoms with Crippen molar-refractivity contribution in [1.82, 2.24) is 14.4 Å². The van der Waals surface area contributed by atoms with E-state index < -0.39 is 0 Å². The van der Waals surface area contributed by atoms with Gasteiger partial charge in [-0.15, -0.1) is 0 Å². The molecule has 1 aromatic carbocycles. The van der Waals surface area contributed by atoms with Gasteiger partial charge in [-0.05, 0) is 18.2 Å². The van der Waals surface area contributed by atoms with E-state index in [1.54, 1.807) is 45.8 Å². The van der Waals surface area contributed by atoms with Crippen LogP contribution in [0.4, 0.5) is 0 Å². The second-order valence-electron chi connectivity index (χ2n) is 6.11. The van der Waals surface area contributed by atoms with Crippen molar-refractivity contribution in [3.63, 3.8) is 0 Å². The van der Waals surface area contributed by atoms with Crippen molar-refractivity contribution in [2.75, 3.05) is 32.8 Å². The maximum Gasteiger partial charge on any atom is 0.270 e. The summed E-state index contributed by atoms with van der Waals surface area (Å²) in [5, 5.41) is 8.95. The van der Waals surface area contributed by atoms with Gasteiger partial charge in [0, 0.05) is 39.4 Å². The molecule has 2 heterocycles. The van der Waals surface area contributed by atoms with Crippen molar-refractivity contribution in [3.05, 3.63) is 53.9 Å². The van der Waals surface area contributed by atoms with E-state index in [4.69, 9.17) is 10.00 Å². The first-order chi connectivity index (χ1) is 12.6. The number of para-hydroxylation sites is 1. The van der Waals surface area contributed by atoms with Gasteiger partial charge in [0.1, 0.15) is 17.5 Å². The van der Waals surface area contributed by atoms with Crippen LogP contribution in [0.25, 0.3) is 0 Å². The van der Waals surface area contributed by atoms with Crippen LogP contribution >= 0.6 is 0 Å². The molecular weight excluding hydrogens is 332 g/mol. The molecule has 26 heavy (non-hydrogen) atoms. The molecule has 0 bridgehead atoms. The number of rotatable bonds is 4. The molecular formula is C19H20N4O3. The zero-order chi connectivity index (χ0) is 18.5. The first-order valence-electron chi connectivity index (χ1n) is 8.40. The van der Waals surface area contributed by atoms with Crippen molar-refractivity contribution in [1.29, 1.82) is 5.26 Å². The molecule has 1 fully saturated rings. The van der Waals surface area contributed by atoms with E-state index in [1.165, 1.54) is 0 Å². The summed E-state index contributed by atoms with van der Waals surface area (Å²) >= 11 is 0. The highest BCUT2D eigenvalue weighted by atomic mass is 16.5. The van der Waals surface area contributed by atoms with Gasteiger partial charge >= 0.3 is 0 Å². The second kappa shape index (κ2) is 7.74. The van der Waals surface area contributed by atoms with E-state index in [0.717, 1.165) is 0 Å². The molecule has 0 radical (unpaired) electrons. The molecule has 1 aliphatic rings. The lowest BCUT2D eigenvalue weighted by atomic mass is 10.2. The van der Waals surface area contributed by atoms with Crippen molar-refractivity contribution in [3.8, 4) is 11.8 Å². The van der Waals surface area contributed by atoms with E-state index in [9.17, 15) is 9.59 Å². The molecule has 7 nitrogen and oxygen atoms in total. The lowest BCUT2D eigenvalue weighted by molar-refractivity contribution is -0.134. The molecule has 1 saturated heterocycles. The van der Waals surface area contributed by atoms with Crippen molar-refractivity contribution < 1.29 is 14.3 Å². The van der Waals surface area contributed by atoms with Crippen LogP contribution < -0.4 is 4.74 Å². The fourth-order valence-electron chi connectivity index (χ4n) is 2.91. The molecule has 134 valence electrons. The number of aryl methyl sites for hydroxylation is 1. The average molecular weight is 352 g/mol. The molecule has 1 aliphatic heterocycles. The smallest absolute Gasteiger partial charge is 0.270 e. The van der Waals surface area contributed by atoms with Crippen LogP contribution in [-0.4, -0.2) is 59.0 Å². The van der Waals surface area contributed by atoms with Crippen LogP contribution in [0.5, 0.6) is 5.75 Å². The predicted octanol–water partition coefficient (Wildman–Crippen LogP) is 1.26. The van der Waals surface area contributed by atoms with Gasteiger partial charge in [-0.2, -0.15) is 5.26 Å². The molecule has 0 N–H and O–H groups in total. The number of amides is 2. The minimum Gasteiger partial charge on any atom is -0.484 e. The van der Waals surface area contributed by atoms with Gasteiger partial charge in [0.15, 0.2) is 6.61 Å². The Balaban J connectivity index is 1.52. The molecule has 1 aromatic heterocycles. The minimum atomic E-state index is -0.123. The van der Waals surface area contributed by atoms with Gasteiger partial charge in [-0.25, -0.2) is 0 Å². The Morgan fingerprint density at radius 2 is 1.77 bits per heavy atom. The van der Waals surface area contributed by atoms with E-state index in [-0.39, 0.29) is 18.4 Å². The van der Waals surface area contributed by atoms with E-state index >= 15 is 0 Å². The quantitative estimate of drug-likeness (QED) is 0.830. The van der Waals surface area contributed by atoms with E-state index in [2.05, 4.69) is 0 Å². The fourth-order valence-corrected chi connectivity index (χ4v) is 2.91. The Labute approximate surface area is 152 Å². The Morgan fingerprint density at radius 1 is 1.12 bits per heavy atom. The highest BCUT2D eigenvalue weighted by molar-refractivity contribution is 5.93. The molecule has 2 aromatic rings. The Hall–Kier alpha value is -3.27.